The molecule has 2 aromatic carbocycles. The van der Waals surface area contributed by atoms with Crippen molar-refractivity contribution in [2.75, 3.05) is 0 Å². The van der Waals surface area contributed by atoms with Crippen molar-refractivity contribution in [3.05, 3.63) is 88.5 Å². The maximum Gasteiger partial charge on any atom is 0.00789 e. The highest BCUT2D eigenvalue weighted by atomic mass is 14.4. The van der Waals surface area contributed by atoms with Gasteiger partial charge >= 0.3 is 0 Å². The van der Waals surface area contributed by atoms with E-state index in [9.17, 15) is 0 Å². The summed E-state index contributed by atoms with van der Waals surface area (Å²) in [6.07, 6.45) is 5.78. The normalized spacial score (nSPS) is 17.2. The first kappa shape index (κ1) is 17.7. The number of aryl methyl sites for hydroxylation is 2. The summed E-state index contributed by atoms with van der Waals surface area (Å²) in [5.74, 6) is 0. The zero-order valence-corrected chi connectivity index (χ0v) is 16.5. The summed E-state index contributed by atoms with van der Waals surface area (Å²) in [7, 11) is 0. The molecule has 0 aromatic heterocycles. The van der Waals surface area contributed by atoms with Crippen molar-refractivity contribution in [1.29, 1.82) is 0 Å². The molecular formula is C25H30. The minimum absolute atomic E-state index is 0.0552. The minimum Gasteiger partial charge on any atom is -0.0905 e. The Kier molecular flexibility index (Phi) is 4.27. The molecule has 0 saturated carbocycles. The van der Waals surface area contributed by atoms with Gasteiger partial charge in [-0.2, -0.15) is 0 Å². The van der Waals surface area contributed by atoms with E-state index in [1.54, 1.807) is 0 Å². The SMILES string of the molecule is C=C(c1ccc(CC)cc1)c1cc2c(cc1C)C(C)(C)C=CC2(C)C. The molecule has 0 N–H and O–H groups in total. The molecular weight excluding hydrogens is 300 g/mol. The molecule has 0 amide bonds. The molecule has 0 spiro atoms. The Morgan fingerprint density at radius 1 is 0.880 bits per heavy atom. The maximum atomic E-state index is 4.43. The predicted molar refractivity (Wildman–Crippen MR) is 110 cm³/mol. The fraction of sp³-hybridized carbons (Fsp3) is 0.360. The Morgan fingerprint density at radius 3 is 1.92 bits per heavy atom. The largest absolute Gasteiger partial charge is 0.0905 e. The van der Waals surface area contributed by atoms with Crippen molar-refractivity contribution in [3.8, 4) is 0 Å². The first-order valence-corrected chi connectivity index (χ1v) is 9.30. The fourth-order valence-corrected chi connectivity index (χ4v) is 3.79. The summed E-state index contributed by atoms with van der Waals surface area (Å²) in [6, 6.07) is 13.6. The quantitative estimate of drug-likeness (QED) is 0.546. The van der Waals surface area contributed by atoms with Gasteiger partial charge in [-0.1, -0.05) is 83.7 Å². The average molecular weight is 331 g/mol. The van der Waals surface area contributed by atoms with Gasteiger partial charge in [-0.15, -0.1) is 0 Å². The second-order valence-electron chi connectivity index (χ2n) is 8.52. The number of hydrogen-bond acceptors (Lipinski definition) is 0. The van der Waals surface area contributed by atoms with Gasteiger partial charge in [0.1, 0.15) is 0 Å². The van der Waals surface area contributed by atoms with E-state index in [2.05, 4.69) is 96.7 Å². The summed E-state index contributed by atoms with van der Waals surface area (Å²) < 4.78 is 0. The van der Waals surface area contributed by atoms with Crippen molar-refractivity contribution in [1.82, 2.24) is 0 Å². The molecule has 1 aliphatic carbocycles. The van der Waals surface area contributed by atoms with Crippen LogP contribution in [0.3, 0.4) is 0 Å². The molecule has 0 unspecified atom stereocenters. The number of rotatable bonds is 3. The van der Waals surface area contributed by atoms with Crippen LogP contribution in [0.5, 0.6) is 0 Å². The van der Waals surface area contributed by atoms with E-state index in [1.807, 2.05) is 0 Å². The maximum absolute atomic E-state index is 4.43. The Hall–Kier alpha value is -2.08. The van der Waals surface area contributed by atoms with Gasteiger partial charge in [0.15, 0.2) is 0 Å². The summed E-state index contributed by atoms with van der Waals surface area (Å²) in [5, 5.41) is 0. The number of hydrogen-bond donors (Lipinski definition) is 0. The average Bonchev–Trinajstić information content (AvgIpc) is 2.58. The third-order valence-corrected chi connectivity index (χ3v) is 5.71. The van der Waals surface area contributed by atoms with Crippen LogP contribution in [0.25, 0.3) is 5.57 Å². The lowest BCUT2D eigenvalue weighted by molar-refractivity contribution is 0.562. The summed E-state index contributed by atoms with van der Waals surface area (Å²) in [5.41, 5.74) is 9.27. The third-order valence-electron chi connectivity index (χ3n) is 5.71. The molecule has 0 heteroatoms. The molecule has 0 bridgehead atoms. The monoisotopic (exact) mass is 330 g/mol. The molecule has 0 heterocycles. The van der Waals surface area contributed by atoms with E-state index in [-0.39, 0.29) is 10.8 Å². The van der Waals surface area contributed by atoms with E-state index >= 15 is 0 Å². The predicted octanol–water partition coefficient (Wildman–Crippen LogP) is 6.74. The zero-order valence-electron chi connectivity index (χ0n) is 16.5. The lowest BCUT2D eigenvalue weighted by Gasteiger charge is -2.37. The first-order chi connectivity index (χ1) is 11.7. The minimum atomic E-state index is 0.0552. The van der Waals surface area contributed by atoms with Crippen molar-refractivity contribution in [3.63, 3.8) is 0 Å². The van der Waals surface area contributed by atoms with Crippen LogP contribution in [-0.4, -0.2) is 0 Å². The molecule has 0 fully saturated rings. The summed E-state index contributed by atoms with van der Waals surface area (Å²) >= 11 is 0. The van der Waals surface area contributed by atoms with Crippen LogP contribution in [-0.2, 0) is 17.3 Å². The Bertz CT molecular complexity index is 842. The second-order valence-corrected chi connectivity index (χ2v) is 8.52. The van der Waals surface area contributed by atoms with E-state index in [4.69, 9.17) is 0 Å². The summed E-state index contributed by atoms with van der Waals surface area (Å²) in [4.78, 5) is 0. The number of allylic oxidation sites excluding steroid dienone is 2. The third kappa shape index (κ3) is 3.11. The summed E-state index contributed by atoms with van der Waals surface area (Å²) in [6.45, 7) is 18.0. The molecule has 0 aliphatic heterocycles. The highest BCUT2D eigenvalue weighted by Gasteiger charge is 2.33. The van der Waals surface area contributed by atoms with Gasteiger partial charge in [0.2, 0.25) is 0 Å². The molecule has 0 atom stereocenters. The van der Waals surface area contributed by atoms with Crippen LogP contribution in [0.4, 0.5) is 0 Å². The molecule has 2 aromatic rings. The van der Waals surface area contributed by atoms with Gasteiger partial charge in [-0.25, -0.2) is 0 Å². The Morgan fingerprint density at radius 2 is 1.40 bits per heavy atom. The highest BCUT2D eigenvalue weighted by molar-refractivity contribution is 5.81. The Labute approximate surface area is 153 Å². The van der Waals surface area contributed by atoms with Crippen molar-refractivity contribution in [2.45, 2.75) is 58.8 Å². The molecule has 25 heavy (non-hydrogen) atoms. The van der Waals surface area contributed by atoms with Crippen LogP contribution in [0.2, 0.25) is 0 Å². The molecule has 3 rings (SSSR count). The number of benzene rings is 2. The first-order valence-electron chi connectivity index (χ1n) is 9.30. The van der Waals surface area contributed by atoms with E-state index < -0.39 is 0 Å². The topological polar surface area (TPSA) is 0 Å². The van der Waals surface area contributed by atoms with Crippen molar-refractivity contribution < 1.29 is 0 Å². The molecule has 0 nitrogen and oxygen atoms in total. The molecule has 0 saturated heterocycles. The van der Waals surface area contributed by atoms with Crippen LogP contribution in [0, 0.1) is 6.92 Å². The molecule has 0 radical (unpaired) electrons. The van der Waals surface area contributed by atoms with Crippen molar-refractivity contribution in [2.24, 2.45) is 0 Å². The van der Waals surface area contributed by atoms with Crippen LogP contribution >= 0.6 is 0 Å². The van der Waals surface area contributed by atoms with Gasteiger partial charge in [-0.05, 0) is 58.4 Å². The fourth-order valence-electron chi connectivity index (χ4n) is 3.79. The smallest absolute Gasteiger partial charge is 0.00789 e. The molecule has 130 valence electrons. The Balaban J connectivity index is 2.11. The van der Waals surface area contributed by atoms with Crippen LogP contribution in [0.1, 0.15) is 68.0 Å². The van der Waals surface area contributed by atoms with E-state index in [0.29, 0.717) is 0 Å². The van der Waals surface area contributed by atoms with Gasteiger partial charge < -0.3 is 0 Å². The second kappa shape index (κ2) is 6.02. The lowest BCUT2D eigenvalue weighted by atomic mass is 9.67. The van der Waals surface area contributed by atoms with Crippen LogP contribution < -0.4 is 0 Å². The lowest BCUT2D eigenvalue weighted by Crippen LogP contribution is -2.29. The van der Waals surface area contributed by atoms with Gasteiger partial charge in [0.25, 0.3) is 0 Å². The van der Waals surface area contributed by atoms with Gasteiger partial charge in [0.05, 0.1) is 0 Å². The zero-order chi connectivity index (χ0) is 18.4. The van der Waals surface area contributed by atoms with Crippen molar-refractivity contribution >= 4 is 5.57 Å². The van der Waals surface area contributed by atoms with Gasteiger partial charge in [0, 0.05) is 10.8 Å². The highest BCUT2D eigenvalue weighted by Crippen LogP contribution is 2.43. The van der Waals surface area contributed by atoms with E-state index in [1.165, 1.54) is 33.4 Å². The number of fused-ring (bicyclic) bond motifs is 1. The standard InChI is InChI=1S/C25H30/c1-8-19-9-11-20(12-10-19)18(3)21-16-23-22(15-17(21)2)24(4,5)13-14-25(23,6)7/h9-16H,3,8H2,1-2,4-7H3. The van der Waals surface area contributed by atoms with Crippen LogP contribution in [0.15, 0.2) is 55.1 Å². The molecule has 1 aliphatic rings. The van der Waals surface area contributed by atoms with E-state index in [0.717, 1.165) is 12.0 Å². The van der Waals surface area contributed by atoms with Gasteiger partial charge in [-0.3, -0.25) is 0 Å².